The number of benzene rings is 1. The average Bonchev–Trinajstić information content (AvgIpc) is 3.54. The summed E-state index contributed by atoms with van der Waals surface area (Å²) >= 11 is 5.07. The van der Waals surface area contributed by atoms with Crippen LogP contribution in [-0.2, 0) is 26.2 Å². The molecule has 40 heavy (non-hydrogen) atoms. The molecule has 7 rings (SSSR count). The number of likely N-dealkylation sites (N-methyl/N-ethyl adjacent to an activating group) is 1. The van der Waals surface area contributed by atoms with Gasteiger partial charge in [0.1, 0.15) is 11.7 Å². The Balaban J connectivity index is 1.32. The van der Waals surface area contributed by atoms with Crippen molar-refractivity contribution in [1.82, 2.24) is 9.80 Å². The summed E-state index contributed by atoms with van der Waals surface area (Å²) in [7, 11) is 3.55. The summed E-state index contributed by atoms with van der Waals surface area (Å²) in [5.74, 6) is 1.90. The van der Waals surface area contributed by atoms with Gasteiger partial charge >= 0.3 is 5.97 Å². The van der Waals surface area contributed by atoms with Crippen LogP contribution in [0.3, 0.4) is 0 Å². The van der Waals surface area contributed by atoms with Gasteiger partial charge in [-0.25, -0.2) is 0 Å². The van der Waals surface area contributed by atoms with Crippen molar-refractivity contribution in [2.24, 2.45) is 5.92 Å². The lowest BCUT2D eigenvalue weighted by Gasteiger charge is -2.65. The Morgan fingerprint density at radius 2 is 2.10 bits per heavy atom. The lowest BCUT2D eigenvalue weighted by atomic mass is 9.48. The van der Waals surface area contributed by atoms with E-state index in [1.54, 1.807) is 24.5 Å². The maximum atomic E-state index is 13.5. The first kappa shape index (κ1) is 26.5. The van der Waals surface area contributed by atoms with Gasteiger partial charge in [0.15, 0.2) is 11.5 Å². The summed E-state index contributed by atoms with van der Waals surface area (Å²) in [5, 5.41) is 2.01. The molecule has 7 nitrogen and oxygen atoms in total. The molecule has 3 fully saturated rings. The molecule has 3 aliphatic carbocycles. The van der Waals surface area contributed by atoms with Gasteiger partial charge in [0.05, 0.1) is 24.6 Å². The molecule has 0 radical (unpaired) electrons. The number of esters is 1. The number of rotatable bonds is 7. The number of hydrogen-bond acceptors (Lipinski definition) is 7. The smallest absolute Gasteiger partial charge is 0.303 e. The first-order valence-corrected chi connectivity index (χ1v) is 15.9. The Labute approximate surface area is 247 Å². The molecule has 2 aromatic rings. The van der Waals surface area contributed by atoms with Crippen molar-refractivity contribution in [1.29, 1.82) is 0 Å². The molecule has 0 unspecified atom stereocenters. The molecule has 2 bridgehead atoms. The van der Waals surface area contributed by atoms with Crippen LogP contribution in [0, 0.1) is 5.92 Å². The Bertz CT molecular complexity index is 1400. The number of carbonyl (C=O) groups excluding carboxylic acids is 2. The highest BCUT2D eigenvalue weighted by atomic mass is 79.9. The molecule has 5 atom stereocenters. The second-order valence-electron chi connectivity index (χ2n) is 12.1. The number of carbonyl (C=O) groups is 2. The zero-order valence-electron chi connectivity index (χ0n) is 23.2. The largest absolute Gasteiger partial charge is 0.493 e. The Kier molecular flexibility index (Phi) is 6.37. The van der Waals surface area contributed by atoms with Gasteiger partial charge in [-0.1, -0.05) is 6.07 Å². The number of hydrogen-bond donors (Lipinski definition) is 0. The van der Waals surface area contributed by atoms with Crippen LogP contribution in [0.25, 0.3) is 6.08 Å². The Morgan fingerprint density at radius 3 is 2.80 bits per heavy atom. The molecule has 1 spiro atoms. The van der Waals surface area contributed by atoms with Gasteiger partial charge < -0.3 is 19.1 Å². The predicted molar refractivity (Wildman–Crippen MR) is 157 cm³/mol. The van der Waals surface area contributed by atoms with E-state index in [-0.39, 0.29) is 30.1 Å². The molecule has 0 N–H and O–H groups in total. The monoisotopic (exact) mass is 626 g/mol. The number of thiophene rings is 1. The standard InChI is InChI=1S/C31H35BrN2O5S/c1-18(35)39-31-11-10-23(33(2)26(36)9-7-22-15-21(32)17-40-22)29-30(31)12-13-34(16-19-4-5-19)25(31)14-20-6-8-24(37-3)28(38-29)27(20)30/h6-9,15,17,19,23,25,29H,4-5,10-14,16H2,1-3H3/b9-7+/t23-,25-,29+,30+,31-/m1/s1. The van der Waals surface area contributed by atoms with Gasteiger partial charge in [-0.15, -0.1) is 11.3 Å². The zero-order valence-corrected chi connectivity index (χ0v) is 25.6. The molecule has 2 aliphatic heterocycles. The number of halogens is 1. The Morgan fingerprint density at radius 1 is 1.27 bits per heavy atom. The third-order valence-corrected chi connectivity index (χ3v) is 11.7. The number of ether oxygens (including phenoxy) is 3. The van der Waals surface area contributed by atoms with Crippen molar-refractivity contribution in [3.63, 3.8) is 0 Å². The van der Waals surface area contributed by atoms with Crippen molar-refractivity contribution in [3.05, 3.63) is 50.1 Å². The molecule has 5 aliphatic rings. The molecule has 1 aromatic carbocycles. The van der Waals surface area contributed by atoms with Gasteiger partial charge in [-0.2, -0.15) is 0 Å². The van der Waals surface area contributed by atoms with Crippen molar-refractivity contribution in [2.45, 2.75) is 74.7 Å². The summed E-state index contributed by atoms with van der Waals surface area (Å²) in [6, 6.07) is 6.10. The highest BCUT2D eigenvalue weighted by Crippen LogP contribution is 2.67. The van der Waals surface area contributed by atoms with Gasteiger partial charge in [0.2, 0.25) is 5.91 Å². The first-order chi connectivity index (χ1) is 19.3. The van der Waals surface area contributed by atoms with E-state index in [1.807, 2.05) is 35.5 Å². The van der Waals surface area contributed by atoms with E-state index in [2.05, 4.69) is 26.9 Å². The second kappa shape index (κ2) is 9.60. The number of piperidine rings is 1. The summed E-state index contributed by atoms with van der Waals surface area (Å²) in [6.45, 7) is 3.52. The van der Waals surface area contributed by atoms with Crippen LogP contribution in [0.5, 0.6) is 11.5 Å². The minimum absolute atomic E-state index is 0.0591. The summed E-state index contributed by atoms with van der Waals surface area (Å²) in [6.07, 6.45) is 8.78. The molecule has 3 heterocycles. The maximum absolute atomic E-state index is 13.5. The normalized spacial score (nSPS) is 31.9. The second-order valence-corrected chi connectivity index (χ2v) is 13.9. The third-order valence-electron chi connectivity index (χ3n) is 10.0. The highest BCUT2D eigenvalue weighted by molar-refractivity contribution is 9.10. The molecule has 212 valence electrons. The first-order valence-electron chi connectivity index (χ1n) is 14.3. The molecular formula is C31H35BrN2O5S. The Hall–Kier alpha value is -2.36. The van der Waals surface area contributed by atoms with E-state index in [1.165, 1.54) is 25.3 Å². The lowest BCUT2D eigenvalue weighted by molar-refractivity contribution is -0.223. The quantitative estimate of drug-likeness (QED) is 0.311. The van der Waals surface area contributed by atoms with Crippen molar-refractivity contribution in [2.75, 3.05) is 27.2 Å². The van der Waals surface area contributed by atoms with Crippen LogP contribution in [0.4, 0.5) is 0 Å². The molecule has 9 heteroatoms. The van der Waals surface area contributed by atoms with Crippen molar-refractivity contribution >= 4 is 45.2 Å². The van der Waals surface area contributed by atoms with Gasteiger partial charge in [0, 0.05) is 46.9 Å². The summed E-state index contributed by atoms with van der Waals surface area (Å²) in [4.78, 5) is 31.8. The fraction of sp³-hybridized carbons (Fsp3) is 0.548. The number of nitrogens with zero attached hydrogens (tertiary/aromatic N) is 2. The number of methoxy groups -OCH3 is 1. The lowest BCUT2D eigenvalue weighted by Crippen LogP contribution is -2.79. The molecule has 1 saturated heterocycles. The fourth-order valence-electron chi connectivity index (χ4n) is 8.29. The van der Waals surface area contributed by atoms with Crippen LogP contribution in [0.1, 0.15) is 55.0 Å². The average molecular weight is 628 g/mol. The maximum Gasteiger partial charge on any atom is 0.303 e. The van der Waals surface area contributed by atoms with Gasteiger partial charge in [-0.3, -0.25) is 14.5 Å². The van der Waals surface area contributed by atoms with Gasteiger partial charge in [0.25, 0.3) is 0 Å². The van der Waals surface area contributed by atoms with E-state index in [0.29, 0.717) is 18.6 Å². The zero-order chi connectivity index (χ0) is 27.8. The van der Waals surface area contributed by atoms with Crippen LogP contribution < -0.4 is 9.47 Å². The van der Waals surface area contributed by atoms with Crippen molar-refractivity contribution < 1.29 is 23.8 Å². The highest BCUT2D eigenvalue weighted by Gasteiger charge is 2.75. The van der Waals surface area contributed by atoms with Crippen LogP contribution in [0.15, 0.2) is 34.1 Å². The topological polar surface area (TPSA) is 68.3 Å². The molecular weight excluding hydrogens is 592 g/mol. The third kappa shape index (κ3) is 3.83. The number of likely N-dealkylation sites (tertiary alicyclic amines) is 1. The fourth-order valence-corrected chi connectivity index (χ4v) is 9.62. The van der Waals surface area contributed by atoms with E-state index in [0.717, 1.165) is 52.5 Å². The molecule has 1 aromatic heterocycles. The van der Waals surface area contributed by atoms with E-state index >= 15 is 0 Å². The SMILES string of the molecule is COc1ccc2c3c1O[C@H]1[C@H](N(C)C(=O)/C=C/c4cc(Br)cs4)CC[C@@]4(OC(C)=O)[C@@H](C2)N(CC2CC2)CC[C@]314. The predicted octanol–water partition coefficient (Wildman–Crippen LogP) is 5.19. The van der Waals surface area contributed by atoms with Gasteiger partial charge in [-0.05, 0) is 90.7 Å². The minimum atomic E-state index is -0.708. The molecule has 1 amide bonds. The van der Waals surface area contributed by atoms with Crippen LogP contribution in [0.2, 0.25) is 0 Å². The molecule has 2 saturated carbocycles. The van der Waals surface area contributed by atoms with E-state index in [9.17, 15) is 9.59 Å². The minimum Gasteiger partial charge on any atom is -0.493 e. The summed E-state index contributed by atoms with van der Waals surface area (Å²) in [5.41, 5.74) is 1.15. The van der Waals surface area contributed by atoms with Crippen molar-refractivity contribution in [3.8, 4) is 11.5 Å². The number of amides is 1. The summed E-state index contributed by atoms with van der Waals surface area (Å²) < 4.78 is 20.3. The van der Waals surface area contributed by atoms with Crippen LogP contribution >= 0.6 is 27.3 Å². The van der Waals surface area contributed by atoms with E-state index < -0.39 is 11.0 Å². The van der Waals surface area contributed by atoms with Crippen LogP contribution in [-0.4, -0.2) is 72.7 Å². The van der Waals surface area contributed by atoms with E-state index in [4.69, 9.17) is 14.2 Å².